The highest BCUT2D eigenvalue weighted by molar-refractivity contribution is 8.00. The number of carbonyl (C=O) groups excluding carboxylic acids is 1. The molecule has 0 saturated carbocycles. The van der Waals surface area contributed by atoms with Crippen LogP contribution >= 0.6 is 11.8 Å². The van der Waals surface area contributed by atoms with Crippen LogP contribution in [0.1, 0.15) is 25.5 Å². The maximum Gasteiger partial charge on any atom is 0.237 e. The number of para-hydroxylation sites is 1. The van der Waals surface area contributed by atoms with E-state index < -0.39 is 0 Å². The number of carbonyl (C=O) groups is 1. The summed E-state index contributed by atoms with van der Waals surface area (Å²) in [5.74, 6) is 0.763. The molecule has 2 rings (SSSR count). The van der Waals surface area contributed by atoms with Crippen molar-refractivity contribution < 1.29 is 9.32 Å². The number of hydrogen-bond donors (Lipinski definition) is 2. The highest BCUT2D eigenvalue weighted by atomic mass is 32.2. The summed E-state index contributed by atoms with van der Waals surface area (Å²) >= 11 is 1.39. The van der Waals surface area contributed by atoms with E-state index in [0.29, 0.717) is 11.6 Å². The van der Waals surface area contributed by atoms with Crippen LogP contribution < -0.4 is 11.1 Å². The fourth-order valence-electron chi connectivity index (χ4n) is 1.55. The van der Waals surface area contributed by atoms with E-state index in [1.807, 2.05) is 38.1 Å². The Balaban J connectivity index is 1.88. The molecule has 0 spiro atoms. The number of aromatic nitrogens is 1. The number of amides is 1. The number of anilines is 2. The van der Waals surface area contributed by atoms with Crippen LogP contribution in [-0.2, 0) is 4.79 Å². The molecule has 0 fully saturated rings. The first-order chi connectivity index (χ1) is 9.56. The Hall–Kier alpha value is -1.95. The average Bonchev–Trinajstić information content (AvgIpc) is 2.86. The van der Waals surface area contributed by atoms with Crippen molar-refractivity contribution in [3.05, 3.63) is 36.0 Å². The zero-order valence-corrected chi connectivity index (χ0v) is 12.2. The largest absolute Gasteiger partial charge is 0.398 e. The minimum atomic E-state index is -0.148. The van der Waals surface area contributed by atoms with E-state index in [2.05, 4.69) is 10.5 Å². The third-order valence-electron chi connectivity index (χ3n) is 2.66. The van der Waals surface area contributed by atoms with Gasteiger partial charge < -0.3 is 10.3 Å². The molecule has 1 aromatic carbocycles. The zero-order valence-electron chi connectivity index (χ0n) is 11.4. The monoisotopic (exact) mass is 291 g/mol. The van der Waals surface area contributed by atoms with Crippen molar-refractivity contribution >= 4 is 29.2 Å². The van der Waals surface area contributed by atoms with E-state index in [-0.39, 0.29) is 17.6 Å². The van der Waals surface area contributed by atoms with Gasteiger partial charge >= 0.3 is 0 Å². The van der Waals surface area contributed by atoms with Gasteiger partial charge in [-0.3, -0.25) is 10.1 Å². The molecule has 3 N–H and O–H groups in total. The first-order valence-corrected chi connectivity index (χ1v) is 7.28. The molecule has 0 saturated heterocycles. The summed E-state index contributed by atoms with van der Waals surface area (Å²) in [4.78, 5) is 12.7. The van der Waals surface area contributed by atoms with Gasteiger partial charge in [0.25, 0.3) is 0 Å². The van der Waals surface area contributed by atoms with Crippen molar-refractivity contribution in [2.75, 3.05) is 16.8 Å². The number of thioether (sulfide) groups is 1. The van der Waals surface area contributed by atoms with Crippen LogP contribution in [0, 0.1) is 0 Å². The van der Waals surface area contributed by atoms with Crippen molar-refractivity contribution in [3.63, 3.8) is 0 Å². The number of nitrogens with two attached hydrogens (primary N) is 1. The van der Waals surface area contributed by atoms with Crippen LogP contribution in [0.15, 0.2) is 39.8 Å². The van der Waals surface area contributed by atoms with Crippen molar-refractivity contribution in [2.45, 2.75) is 24.7 Å². The molecule has 0 unspecified atom stereocenters. The van der Waals surface area contributed by atoms with Crippen molar-refractivity contribution in [1.29, 1.82) is 0 Å². The van der Waals surface area contributed by atoms with E-state index in [0.717, 1.165) is 10.6 Å². The molecule has 6 heteroatoms. The Morgan fingerprint density at radius 3 is 2.85 bits per heavy atom. The molecule has 0 aliphatic rings. The molecule has 0 atom stereocenters. The standard InChI is InChI=1S/C14H17N3O2S/c1-9(2)11-7-14(19-17-11)16-13(18)8-20-12-6-4-3-5-10(12)15/h3-7,9H,8,15H2,1-2H3,(H,16,18). The molecule has 0 bridgehead atoms. The smallest absolute Gasteiger partial charge is 0.237 e. The molecule has 0 radical (unpaired) electrons. The molecule has 20 heavy (non-hydrogen) atoms. The Labute approximate surface area is 121 Å². The Bertz CT molecular complexity index is 596. The summed E-state index contributed by atoms with van der Waals surface area (Å²) in [6.45, 7) is 4.02. The molecule has 5 nitrogen and oxygen atoms in total. The van der Waals surface area contributed by atoms with Crippen molar-refractivity contribution in [3.8, 4) is 0 Å². The molecule has 0 aliphatic carbocycles. The van der Waals surface area contributed by atoms with E-state index in [4.69, 9.17) is 10.3 Å². The normalized spacial score (nSPS) is 10.8. The summed E-state index contributed by atoms with van der Waals surface area (Å²) < 4.78 is 5.06. The summed E-state index contributed by atoms with van der Waals surface area (Å²) in [6, 6.07) is 9.19. The molecule has 1 amide bonds. The van der Waals surface area contributed by atoms with E-state index >= 15 is 0 Å². The number of rotatable bonds is 5. The van der Waals surface area contributed by atoms with Gasteiger partial charge in [0, 0.05) is 16.6 Å². The van der Waals surface area contributed by atoms with Gasteiger partial charge in [0.05, 0.1) is 11.4 Å². The van der Waals surface area contributed by atoms with Gasteiger partial charge in [-0.15, -0.1) is 11.8 Å². The number of nitrogens with one attached hydrogen (secondary N) is 1. The lowest BCUT2D eigenvalue weighted by atomic mass is 10.1. The number of nitrogens with zero attached hydrogens (tertiary/aromatic N) is 1. The van der Waals surface area contributed by atoms with Gasteiger partial charge in [-0.2, -0.15) is 0 Å². The summed E-state index contributed by atoms with van der Waals surface area (Å²) in [5.41, 5.74) is 7.31. The molecule has 1 aromatic heterocycles. The summed E-state index contributed by atoms with van der Waals surface area (Å²) in [6.07, 6.45) is 0. The quantitative estimate of drug-likeness (QED) is 0.653. The van der Waals surface area contributed by atoms with Crippen molar-refractivity contribution in [2.24, 2.45) is 0 Å². The number of benzene rings is 1. The first kappa shape index (κ1) is 14.5. The fraction of sp³-hybridized carbons (Fsp3) is 0.286. The maximum absolute atomic E-state index is 11.8. The minimum Gasteiger partial charge on any atom is -0.398 e. The topological polar surface area (TPSA) is 81.2 Å². The third-order valence-corrected chi connectivity index (χ3v) is 3.75. The predicted octanol–water partition coefficient (Wildman–Crippen LogP) is 3.11. The van der Waals surface area contributed by atoms with Crippen LogP contribution in [0.5, 0.6) is 0 Å². The fourth-order valence-corrected chi connectivity index (χ4v) is 2.32. The van der Waals surface area contributed by atoms with Crippen LogP contribution in [0.4, 0.5) is 11.6 Å². The molecular weight excluding hydrogens is 274 g/mol. The van der Waals surface area contributed by atoms with E-state index in [1.54, 1.807) is 6.07 Å². The first-order valence-electron chi connectivity index (χ1n) is 6.30. The Morgan fingerprint density at radius 1 is 1.45 bits per heavy atom. The Kier molecular flexibility index (Phi) is 4.68. The van der Waals surface area contributed by atoms with Crippen LogP contribution in [0.25, 0.3) is 0 Å². The van der Waals surface area contributed by atoms with E-state index in [9.17, 15) is 4.79 Å². The summed E-state index contributed by atoms with van der Waals surface area (Å²) in [5, 5.41) is 6.56. The number of hydrogen-bond acceptors (Lipinski definition) is 5. The molecule has 106 valence electrons. The molecule has 0 aliphatic heterocycles. The summed E-state index contributed by atoms with van der Waals surface area (Å²) in [7, 11) is 0. The lowest BCUT2D eigenvalue weighted by Gasteiger charge is -2.04. The minimum absolute atomic E-state index is 0.148. The van der Waals surface area contributed by atoms with Gasteiger partial charge in [0.2, 0.25) is 11.8 Å². The maximum atomic E-state index is 11.8. The van der Waals surface area contributed by atoms with Gasteiger partial charge in [-0.05, 0) is 18.1 Å². The van der Waals surface area contributed by atoms with Crippen molar-refractivity contribution in [1.82, 2.24) is 5.16 Å². The van der Waals surface area contributed by atoms with Crippen LogP contribution in [0.2, 0.25) is 0 Å². The second kappa shape index (κ2) is 6.47. The average molecular weight is 291 g/mol. The lowest BCUT2D eigenvalue weighted by Crippen LogP contribution is -2.13. The van der Waals surface area contributed by atoms with Gasteiger partial charge in [0.15, 0.2) is 0 Å². The second-order valence-electron chi connectivity index (χ2n) is 4.65. The highest BCUT2D eigenvalue weighted by Gasteiger charge is 2.11. The number of nitrogen functional groups attached to an aromatic ring is 1. The molecular formula is C14H17N3O2S. The third kappa shape index (κ3) is 3.77. The van der Waals surface area contributed by atoms with Gasteiger partial charge in [-0.1, -0.05) is 31.1 Å². The SMILES string of the molecule is CC(C)c1cc(NC(=O)CSc2ccccc2N)on1. The lowest BCUT2D eigenvalue weighted by molar-refractivity contribution is -0.113. The second-order valence-corrected chi connectivity index (χ2v) is 5.66. The van der Waals surface area contributed by atoms with Crippen LogP contribution in [0.3, 0.4) is 0 Å². The zero-order chi connectivity index (χ0) is 14.5. The Morgan fingerprint density at radius 2 is 2.20 bits per heavy atom. The highest BCUT2D eigenvalue weighted by Crippen LogP contribution is 2.24. The van der Waals surface area contributed by atoms with Gasteiger partial charge in [0.1, 0.15) is 0 Å². The molecule has 2 aromatic rings. The van der Waals surface area contributed by atoms with Crippen LogP contribution in [-0.4, -0.2) is 16.8 Å². The molecule has 1 heterocycles. The van der Waals surface area contributed by atoms with E-state index in [1.165, 1.54) is 11.8 Å². The predicted molar refractivity (Wildman–Crippen MR) is 80.8 cm³/mol. The van der Waals surface area contributed by atoms with Gasteiger partial charge in [-0.25, -0.2) is 0 Å².